The van der Waals surface area contributed by atoms with Crippen molar-refractivity contribution in [3.63, 3.8) is 0 Å². The molecule has 9 nitrogen and oxygen atoms in total. The van der Waals surface area contributed by atoms with Crippen LogP contribution >= 0.6 is 0 Å². The number of Topliss-reactive ketones (excluding diaryl/α,β-unsaturated/α-hetero) is 1. The number of hydrogen-bond donors (Lipinski definition) is 2. The van der Waals surface area contributed by atoms with E-state index in [9.17, 15) is 18.0 Å². The second-order valence-electron chi connectivity index (χ2n) is 7.30. The van der Waals surface area contributed by atoms with E-state index in [-0.39, 0.29) is 34.6 Å². The van der Waals surface area contributed by atoms with Crippen LogP contribution in [0.3, 0.4) is 0 Å². The Morgan fingerprint density at radius 1 is 1.21 bits per heavy atom. The monoisotopic (exact) mass is 417 g/mol. The van der Waals surface area contributed by atoms with E-state index in [4.69, 9.17) is 0 Å². The number of hydrogen-bond acceptors (Lipinski definition) is 7. The van der Waals surface area contributed by atoms with E-state index >= 15 is 0 Å². The molecule has 0 bridgehead atoms. The number of carbonyl (C=O) groups is 1. The summed E-state index contributed by atoms with van der Waals surface area (Å²) < 4.78 is 26.7. The van der Waals surface area contributed by atoms with Crippen molar-refractivity contribution in [1.29, 1.82) is 0 Å². The number of para-hydroxylation sites is 1. The summed E-state index contributed by atoms with van der Waals surface area (Å²) in [6.07, 6.45) is 0.0764. The lowest BCUT2D eigenvalue weighted by Crippen LogP contribution is -2.17. The lowest BCUT2D eigenvalue weighted by Gasteiger charge is -2.14. The second kappa shape index (κ2) is 7.78. The Kier molecular flexibility index (Phi) is 5.56. The number of ketones is 1. The van der Waals surface area contributed by atoms with Crippen molar-refractivity contribution in [1.82, 2.24) is 19.6 Å². The maximum Gasteiger partial charge on any atom is 0.276 e. The molecule has 0 aliphatic rings. The fourth-order valence-electron chi connectivity index (χ4n) is 2.68. The number of H-pyrrole nitrogens is 1. The Morgan fingerprint density at radius 3 is 2.55 bits per heavy atom. The van der Waals surface area contributed by atoms with Crippen LogP contribution in [0.25, 0.3) is 5.78 Å². The zero-order valence-electron chi connectivity index (χ0n) is 16.6. The van der Waals surface area contributed by atoms with Gasteiger partial charge in [-0.05, 0) is 26.0 Å². The molecule has 0 saturated carbocycles. The van der Waals surface area contributed by atoms with Crippen molar-refractivity contribution < 1.29 is 13.2 Å². The number of sulfone groups is 1. The van der Waals surface area contributed by atoms with Crippen LogP contribution in [-0.2, 0) is 21.1 Å². The van der Waals surface area contributed by atoms with Gasteiger partial charge < -0.3 is 10.3 Å². The summed E-state index contributed by atoms with van der Waals surface area (Å²) in [6.45, 7) is 6.80. The lowest BCUT2D eigenvalue weighted by molar-refractivity contribution is -0.121. The Labute approximate surface area is 168 Å². The van der Waals surface area contributed by atoms with E-state index in [0.717, 1.165) is 0 Å². The van der Waals surface area contributed by atoms with E-state index in [2.05, 4.69) is 20.4 Å². The maximum atomic E-state index is 12.7. The van der Waals surface area contributed by atoms with Gasteiger partial charge in [-0.1, -0.05) is 26.0 Å². The number of anilines is 2. The van der Waals surface area contributed by atoms with Gasteiger partial charge in [-0.25, -0.2) is 8.42 Å². The summed E-state index contributed by atoms with van der Waals surface area (Å²) in [5, 5.41) is 6.70. The summed E-state index contributed by atoms with van der Waals surface area (Å²) in [6, 6.07) is 7.68. The highest BCUT2D eigenvalue weighted by Crippen LogP contribution is 2.27. The zero-order chi connectivity index (χ0) is 21.3. The Morgan fingerprint density at radius 2 is 1.90 bits per heavy atom. The summed E-state index contributed by atoms with van der Waals surface area (Å²) in [4.78, 5) is 30.9. The smallest absolute Gasteiger partial charge is 0.276 e. The number of nitrogens with one attached hydrogen (secondary N) is 2. The van der Waals surface area contributed by atoms with E-state index in [1.165, 1.54) is 16.6 Å². The normalized spacial score (nSPS) is 12.1. The Hall–Kier alpha value is -3.01. The van der Waals surface area contributed by atoms with Gasteiger partial charge in [0.1, 0.15) is 17.4 Å². The molecule has 2 aromatic heterocycles. The van der Waals surface area contributed by atoms with E-state index in [1.807, 2.05) is 0 Å². The van der Waals surface area contributed by atoms with Crippen LogP contribution in [0, 0.1) is 5.92 Å². The quantitative estimate of drug-likeness (QED) is 0.603. The van der Waals surface area contributed by atoms with Crippen LogP contribution < -0.4 is 10.9 Å². The molecule has 0 atom stereocenters. The van der Waals surface area contributed by atoms with Crippen molar-refractivity contribution in [2.45, 2.75) is 44.3 Å². The molecule has 154 valence electrons. The van der Waals surface area contributed by atoms with Gasteiger partial charge in [-0.15, -0.1) is 5.10 Å². The molecule has 0 saturated heterocycles. The first-order chi connectivity index (χ1) is 13.6. The SMILES string of the molecule is CC(C)C(=O)Cc1nn2c(Nc3ccccc3S(=O)(=O)C(C)C)cc(=O)nc2[nH]1. The maximum absolute atomic E-state index is 12.7. The fourth-order valence-corrected chi connectivity index (χ4v) is 3.88. The molecule has 0 unspecified atom stereocenters. The van der Waals surface area contributed by atoms with Gasteiger partial charge in [0, 0.05) is 12.0 Å². The van der Waals surface area contributed by atoms with Crippen LogP contribution in [0.1, 0.15) is 33.5 Å². The predicted octanol–water partition coefficient (Wildman–Crippen LogP) is 2.11. The van der Waals surface area contributed by atoms with Crippen molar-refractivity contribution >= 4 is 32.9 Å². The van der Waals surface area contributed by atoms with Gasteiger partial charge in [-0.2, -0.15) is 9.50 Å². The molecule has 2 N–H and O–H groups in total. The number of fused-ring (bicyclic) bond motifs is 1. The molecule has 3 rings (SSSR count). The zero-order valence-corrected chi connectivity index (χ0v) is 17.4. The number of aromatic nitrogens is 4. The molecule has 29 heavy (non-hydrogen) atoms. The molecular formula is C19H23N5O4S. The van der Waals surface area contributed by atoms with Crippen molar-refractivity contribution in [3.05, 3.63) is 46.5 Å². The molecule has 0 fully saturated rings. The molecule has 0 spiro atoms. The third-order valence-electron chi connectivity index (χ3n) is 4.44. The first kappa shape index (κ1) is 20.7. The van der Waals surface area contributed by atoms with Crippen molar-refractivity contribution in [2.75, 3.05) is 5.32 Å². The molecule has 0 aliphatic heterocycles. The third-order valence-corrected chi connectivity index (χ3v) is 6.65. The summed E-state index contributed by atoms with van der Waals surface area (Å²) >= 11 is 0. The van der Waals surface area contributed by atoms with Gasteiger partial charge in [0.15, 0.2) is 9.84 Å². The lowest BCUT2D eigenvalue weighted by atomic mass is 10.1. The average Bonchev–Trinajstić information content (AvgIpc) is 3.04. The molecule has 3 aromatic rings. The Balaban J connectivity index is 2.07. The highest BCUT2D eigenvalue weighted by molar-refractivity contribution is 7.92. The molecule has 0 amide bonds. The highest BCUT2D eigenvalue weighted by atomic mass is 32.2. The number of carbonyl (C=O) groups excluding carboxylic acids is 1. The first-order valence-corrected chi connectivity index (χ1v) is 10.8. The minimum absolute atomic E-state index is 0.00474. The van der Waals surface area contributed by atoms with Gasteiger partial charge in [0.05, 0.1) is 22.3 Å². The van der Waals surface area contributed by atoms with Gasteiger partial charge >= 0.3 is 0 Å². The number of benzene rings is 1. The van der Waals surface area contributed by atoms with Gasteiger partial charge in [0.2, 0.25) is 5.78 Å². The largest absolute Gasteiger partial charge is 0.339 e. The molecule has 0 aliphatic carbocycles. The number of aromatic amines is 1. The van der Waals surface area contributed by atoms with Crippen molar-refractivity contribution in [2.24, 2.45) is 5.92 Å². The van der Waals surface area contributed by atoms with E-state index < -0.39 is 20.6 Å². The standard InChI is InChI=1S/C19H23N5O4S/c1-11(2)14(25)9-16-21-19-22-18(26)10-17(24(19)23-16)20-13-7-5-6-8-15(13)29(27,28)12(3)4/h5-8,10-12,20H,9H2,1-4H3,(H,21,22,23,26). The minimum Gasteiger partial charge on any atom is -0.339 e. The van der Waals surface area contributed by atoms with Crippen LogP contribution in [0.4, 0.5) is 11.5 Å². The highest BCUT2D eigenvalue weighted by Gasteiger charge is 2.23. The Bertz CT molecular complexity index is 1220. The molecule has 10 heteroatoms. The topological polar surface area (TPSA) is 126 Å². The predicted molar refractivity (Wildman–Crippen MR) is 109 cm³/mol. The average molecular weight is 417 g/mol. The van der Waals surface area contributed by atoms with Crippen molar-refractivity contribution in [3.8, 4) is 0 Å². The van der Waals surface area contributed by atoms with Gasteiger partial charge in [0.25, 0.3) is 5.56 Å². The summed E-state index contributed by atoms with van der Waals surface area (Å²) in [7, 11) is -3.55. The molecule has 0 radical (unpaired) electrons. The molecular weight excluding hydrogens is 394 g/mol. The van der Waals surface area contributed by atoms with Crippen LogP contribution in [0.5, 0.6) is 0 Å². The second-order valence-corrected chi connectivity index (χ2v) is 9.77. The van der Waals surface area contributed by atoms with E-state index in [0.29, 0.717) is 11.5 Å². The number of rotatable bonds is 7. The first-order valence-electron chi connectivity index (χ1n) is 9.21. The summed E-state index contributed by atoms with van der Waals surface area (Å²) in [5.41, 5.74) is -0.203. The molecule has 2 heterocycles. The van der Waals surface area contributed by atoms with Gasteiger partial charge in [-0.3, -0.25) is 9.59 Å². The van der Waals surface area contributed by atoms with Crippen LogP contribution in [0.2, 0.25) is 0 Å². The van der Waals surface area contributed by atoms with Crippen LogP contribution in [0.15, 0.2) is 40.0 Å². The third kappa shape index (κ3) is 4.21. The fraction of sp³-hybridized carbons (Fsp3) is 0.368. The summed E-state index contributed by atoms with van der Waals surface area (Å²) in [5.74, 6) is 0.617. The molecule has 1 aromatic carbocycles. The minimum atomic E-state index is -3.55. The van der Waals surface area contributed by atoms with Crippen LogP contribution in [-0.4, -0.2) is 39.0 Å². The van der Waals surface area contributed by atoms with E-state index in [1.54, 1.807) is 45.9 Å². The number of nitrogens with zero attached hydrogens (tertiary/aromatic N) is 3.